The van der Waals surface area contributed by atoms with Gasteiger partial charge in [-0.15, -0.1) is 0 Å². The van der Waals surface area contributed by atoms with Crippen molar-refractivity contribution in [3.05, 3.63) is 42.7 Å². The lowest BCUT2D eigenvalue weighted by Crippen LogP contribution is -2.21. The molecule has 0 radical (unpaired) electrons. The summed E-state index contributed by atoms with van der Waals surface area (Å²) in [6, 6.07) is 10.4. The maximum Gasteiger partial charge on any atom is 0.184 e. The van der Waals surface area contributed by atoms with E-state index in [-0.39, 0.29) is 0 Å². The van der Waals surface area contributed by atoms with Gasteiger partial charge in [0, 0.05) is 18.3 Å². The summed E-state index contributed by atoms with van der Waals surface area (Å²) in [5.74, 6) is 1.57. The van der Waals surface area contributed by atoms with E-state index in [9.17, 15) is 0 Å². The smallest absolute Gasteiger partial charge is 0.184 e. The lowest BCUT2D eigenvalue weighted by atomic mass is 9.96. The Bertz CT molecular complexity index is 781. The normalized spacial score (nSPS) is 15.7. The van der Waals surface area contributed by atoms with Gasteiger partial charge < -0.3 is 10.1 Å². The Morgan fingerprint density at radius 3 is 2.83 bits per heavy atom. The maximum absolute atomic E-state index is 5.84. The molecule has 118 valence electrons. The first-order valence-electron chi connectivity index (χ1n) is 8.12. The molecule has 0 aliphatic heterocycles. The minimum Gasteiger partial charge on any atom is -0.456 e. The van der Waals surface area contributed by atoms with Crippen molar-refractivity contribution in [1.82, 2.24) is 9.97 Å². The molecule has 1 aliphatic carbocycles. The summed E-state index contributed by atoms with van der Waals surface area (Å²) in [5.41, 5.74) is 1.02. The number of rotatable bonds is 4. The van der Waals surface area contributed by atoms with Crippen molar-refractivity contribution in [2.24, 2.45) is 0 Å². The molecule has 0 amide bonds. The molecule has 2 aromatic heterocycles. The molecule has 23 heavy (non-hydrogen) atoms. The highest BCUT2D eigenvalue weighted by molar-refractivity contribution is 7.22. The molecule has 0 bridgehead atoms. The van der Waals surface area contributed by atoms with E-state index >= 15 is 0 Å². The van der Waals surface area contributed by atoms with Crippen LogP contribution in [0.3, 0.4) is 0 Å². The predicted molar refractivity (Wildman–Crippen MR) is 94.4 cm³/mol. The molecule has 1 saturated carbocycles. The Kier molecular flexibility index (Phi) is 4.11. The Morgan fingerprint density at radius 1 is 1.09 bits per heavy atom. The van der Waals surface area contributed by atoms with Crippen molar-refractivity contribution < 1.29 is 4.74 Å². The predicted octanol–water partition coefficient (Wildman–Crippen LogP) is 5.23. The van der Waals surface area contributed by atoms with Gasteiger partial charge in [0.15, 0.2) is 5.13 Å². The van der Waals surface area contributed by atoms with Crippen LogP contribution in [0.1, 0.15) is 32.1 Å². The van der Waals surface area contributed by atoms with Crippen LogP contribution >= 0.6 is 11.3 Å². The Balaban J connectivity index is 1.52. The van der Waals surface area contributed by atoms with E-state index in [2.05, 4.69) is 10.3 Å². The Hall–Kier alpha value is -2.14. The monoisotopic (exact) mass is 325 g/mol. The lowest BCUT2D eigenvalue weighted by Gasteiger charge is -2.22. The SMILES string of the molecule is c1cncc(Oc2ccc3nc(NC4CCCCC4)sc3c2)c1. The molecular formula is C18H19N3OS. The van der Waals surface area contributed by atoms with Gasteiger partial charge >= 0.3 is 0 Å². The van der Waals surface area contributed by atoms with Crippen LogP contribution in [0.4, 0.5) is 5.13 Å². The summed E-state index contributed by atoms with van der Waals surface area (Å²) in [6.45, 7) is 0. The van der Waals surface area contributed by atoms with E-state index < -0.39 is 0 Å². The molecule has 1 aliphatic rings. The fourth-order valence-corrected chi connectivity index (χ4v) is 3.97. The second-order valence-electron chi connectivity index (χ2n) is 5.92. The number of hydrogen-bond donors (Lipinski definition) is 1. The number of fused-ring (bicyclic) bond motifs is 1. The van der Waals surface area contributed by atoms with Crippen LogP contribution < -0.4 is 10.1 Å². The number of pyridine rings is 1. The zero-order valence-corrected chi connectivity index (χ0v) is 13.7. The summed E-state index contributed by atoms with van der Waals surface area (Å²) in [5, 5.41) is 4.61. The fraction of sp³-hybridized carbons (Fsp3) is 0.333. The van der Waals surface area contributed by atoms with Crippen molar-refractivity contribution in [3.8, 4) is 11.5 Å². The molecule has 0 spiro atoms. The molecule has 5 heteroatoms. The maximum atomic E-state index is 5.84. The van der Waals surface area contributed by atoms with E-state index in [0.29, 0.717) is 6.04 Å². The molecule has 4 rings (SSSR count). The summed E-state index contributed by atoms with van der Waals surface area (Å²) in [6.07, 6.45) is 9.98. The molecule has 1 N–H and O–H groups in total. The number of ether oxygens (including phenoxy) is 1. The zero-order chi connectivity index (χ0) is 15.5. The van der Waals surface area contributed by atoms with Crippen molar-refractivity contribution in [1.29, 1.82) is 0 Å². The number of benzene rings is 1. The molecule has 2 heterocycles. The Morgan fingerprint density at radius 2 is 2.00 bits per heavy atom. The molecule has 3 aromatic rings. The molecule has 4 nitrogen and oxygen atoms in total. The van der Waals surface area contributed by atoms with E-state index in [1.165, 1.54) is 32.1 Å². The third kappa shape index (κ3) is 3.45. The minimum atomic E-state index is 0.579. The van der Waals surface area contributed by atoms with Crippen LogP contribution in [-0.2, 0) is 0 Å². The highest BCUT2D eigenvalue weighted by Crippen LogP contribution is 2.32. The van der Waals surface area contributed by atoms with Gasteiger partial charge in [0.05, 0.1) is 16.4 Å². The van der Waals surface area contributed by atoms with Gasteiger partial charge in [0.1, 0.15) is 11.5 Å². The number of aromatic nitrogens is 2. The molecule has 0 atom stereocenters. The molecular weight excluding hydrogens is 306 g/mol. The summed E-state index contributed by atoms with van der Waals surface area (Å²) in [7, 11) is 0. The van der Waals surface area contributed by atoms with Gasteiger partial charge in [0.2, 0.25) is 0 Å². The number of anilines is 1. The molecule has 0 unspecified atom stereocenters. The number of hydrogen-bond acceptors (Lipinski definition) is 5. The topological polar surface area (TPSA) is 47.0 Å². The molecule has 1 aromatic carbocycles. The van der Waals surface area contributed by atoms with Crippen LogP contribution in [0.25, 0.3) is 10.2 Å². The molecule has 1 fully saturated rings. The van der Waals surface area contributed by atoms with Gasteiger partial charge in [0.25, 0.3) is 0 Å². The third-order valence-corrected chi connectivity index (χ3v) is 5.11. The number of nitrogens with zero attached hydrogens (tertiary/aromatic N) is 2. The Labute approximate surface area is 139 Å². The van der Waals surface area contributed by atoms with Crippen molar-refractivity contribution in [2.45, 2.75) is 38.1 Å². The van der Waals surface area contributed by atoms with Crippen LogP contribution in [-0.4, -0.2) is 16.0 Å². The minimum absolute atomic E-state index is 0.579. The first-order valence-corrected chi connectivity index (χ1v) is 8.93. The van der Waals surface area contributed by atoms with Gasteiger partial charge in [-0.2, -0.15) is 0 Å². The van der Waals surface area contributed by atoms with Gasteiger partial charge in [-0.25, -0.2) is 4.98 Å². The van der Waals surface area contributed by atoms with E-state index in [4.69, 9.17) is 9.72 Å². The second kappa shape index (κ2) is 6.54. The first-order chi connectivity index (χ1) is 11.4. The van der Waals surface area contributed by atoms with Crippen LogP contribution in [0.2, 0.25) is 0 Å². The summed E-state index contributed by atoms with van der Waals surface area (Å²) < 4.78 is 6.98. The summed E-state index contributed by atoms with van der Waals surface area (Å²) in [4.78, 5) is 8.76. The number of thiazole rings is 1. The largest absolute Gasteiger partial charge is 0.456 e. The van der Waals surface area contributed by atoms with Crippen molar-refractivity contribution in [3.63, 3.8) is 0 Å². The highest BCUT2D eigenvalue weighted by atomic mass is 32.1. The van der Waals surface area contributed by atoms with E-state index in [1.807, 2.05) is 30.3 Å². The quantitative estimate of drug-likeness (QED) is 0.713. The summed E-state index contributed by atoms with van der Waals surface area (Å²) >= 11 is 1.70. The standard InChI is InChI=1S/C18H19N3OS/c1-2-5-13(6-3-1)20-18-21-16-9-8-14(11-17(16)23-18)22-15-7-4-10-19-12-15/h4,7-13H,1-3,5-6H2,(H,20,21). The van der Waals surface area contributed by atoms with Gasteiger partial charge in [-0.05, 0) is 37.1 Å². The number of nitrogens with one attached hydrogen (secondary N) is 1. The average Bonchev–Trinajstić information content (AvgIpc) is 2.98. The van der Waals surface area contributed by atoms with Crippen LogP contribution in [0.15, 0.2) is 42.7 Å². The van der Waals surface area contributed by atoms with Crippen LogP contribution in [0, 0.1) is 0 Å². The van der Waals surface area contributed by atoms with E-state index in [1.54, 1.807) is 23.7 Å². The fourth-order valence-electron chi connectivity index (χ4n) is 3.00. The van der Waals surface area contributed by atoms with Crippen molar-refractivity contribution >= 4 is 26.7 Å². The van der Waals surface area contributed by atoms with Gasteiger partial charge in [-0.3, -0.25) is 4.98 Å². The average molecular weight is 325 g/mol. The molecule has 0 saturated heterocycles. The third-order valence-electron chi connectivity index (χ3n) is 4.16. The first kappa shape index (κ1) is 14.5. The van der Waals surface area contributed by atoms with E-state index in [0.717, 1.165) is 26.8 Å². The second-order valence-corrected chi connectivity index (χ2v) is 6.95. The zero-order valence-electron chi connectivity index (χ0n) is 12.9. The van der Waals surface area contributed by atoms with Gasteiger partial charge in [-0.1, -0.05) is 30.6 Å². The van der Waals surface area contributed by atoms with Crippen LogP contribution in [0.5, 0.6) is 11.5 Å². The lowest BCUT2D eigenvalue weighted by molar-refractivity contribution is 0.462. The van der Waals surface area contributed by atoms with Crippen molar-refractivity contribution in [2.75, 3.05) is 5.32 Å². The highest BCUT2D eigenvalue weighted by Gasteiger charge is 2.15.